The van der Waals surface area contributed by atoms with E-state index in [1.54, 1.807) is 30.3 Å². The molecule has 0 aliphatic heterocycles. The van der Waals surface area contributed by atoms with Gasteiger partial charge in [-0.2, -0.15) is 0 Å². The second-order valence-corrected chi connectivity index (χ2v) is 8.61. The number of amides is 5. The minimum absolute atomic E-state index is 0.0107. The number of carboxylic acids is 1. The van der Waals surface area contributed by atoms with Crippen LogP contribution in [-0.4, -0.2) is 77.3 Å². The Balaban J connectivity index is 3.04. The van der Waals surface area contributed by atoms with Gasteiger partial charge in [0.1, 0.15) is 18.1 Å². The Bertz CT molecular complexity index is 1060. The summed E-state index contributed by atoms with van der Waals surface area (Å²) in [6.07, 6.45) is -1.02. The molecule has 214 valence electrons. The lowest BCUT2D eigenvalue weighted by molar-refractivity contribution is -0.144. The molecule has 5 amide bonds. The van der Waals surface area contributed by atoms with E-state index < -0.39 is 72.5 Å². The fraction of sp³-hybridized carbons (Fsp3) is 0.435. The molecule has 16 heteroatoms. The molecule has 0 heterocycles. The Morgan fingerprint density at radius 1 is 0.769 bits per heavy atom. The van der Waals surface area contributed by atoms with Gasteiger partial charge in [-0.1, -0.05) is 30.3 Å². The van der Waals surface area contributed by atoms with Crippen molar-refractivity contribution in [3.05, 3.63) is 35.9 Å². The van der Waals surface area contributed by atoms with Crippen LogP contribution in [0.15, 0.2) is 35.3 Å². The summed E-state index contributed by atoms with van der Waals surface area (Å²) in [4.78, 5) is 76.5. The SMILES string of the molecule is NC(=O)CC(NC(=O)C(CC(N)=O)NC(=O)C(CCCN=C(N)N)NC(=O)C(N)Cc1ccccc1)C(=O)O. The van der Waals surface area contributed by atoms with E-state index in [9.17, 15) is 33.9 Å². The summed E-state index contributed by atoms with van der Waals surface area (Å²) in [7, 11) is 0. The summed E-state index contributed by atoms with van der Waals surface area (Å²) >= 11 is 0. The Kier molecular flexibility index (Phi) is 13.4. The highest BCUT2D eigenvalue weighted by Crippen LogP contribution is 2.06. The molecule has 0 fully saturated rings. The number of guanidine groups is 1. The van der Waals surface area contributed by atoms with Gasteiger partial charge in [-0.05, 0) is 24.8 Å². The van der Waals surface area contributed by atoms with Crippen LogP contribution in [0.3, 0.4) is 0 Å². The molecule has 1 rings (SSSR count). The topological polar surface area (TPSA) is 301 Å². The molecule has 0 aliphatic rings. The van der Waals surface area contributed by atoms with Crippen LogP contribution in [0, 0.1) is 0 Å². The number of nitrogens with zero attached hydrogens (tertiary/aromatic N) is 1. The van der Waals surface area contributed by atoms with Crippen molar-refractivity contribution >= 4 is 41.5 Å². The number of nitrogens with two attached hydrogens (primary N) is 5. The molecule has 1 aromatic carbocycles. The van der Waals surface area contributed by atoms with Crippen molar-refractivity contribution in [2.45, 2.75) is 56.3 Å². The Labute approximate surface area is 224 Å². The Morgan fingerprint density at radius 2 is 1.28 bits per heavy atom. The van der Waals surface area contributed by atoms with E-state index in [1.807, 2.05) is 5.32 Å². The number of carboxylic acid groups (broad SMARTS) is 1. The van der Waals surface area contributed by atoms with Gasteiger partial charge in [-0.25, -0.2) is 4.79 Å². The number of aliphatic carboxylic acids is 1. The lowest BCUT2D eigenvalue weighted by Crippen LogP contribution is -2.58. The van der Waals surface area contributed by atoms with Gasteiger partial charge in [0.2, 0.25) is 29.5 Å². The smallest absolute Gasteiger partial charge is 0.326 e. The van der Waals surface area contributed by atoms with E-state index in [0.717, 1.165) is 5.56 Å². The third kappa shape index (κ3) is 12.9. The average molecular weight is 550 g/mol. The number of benzene rings is 1. The standard InChI is InChI=1S/C23H35N9O7/c24-13(9-12-5-2-1-3-6-12)19(35)30-14(7-4-8-29-23(27)28)20(36)31-15(10-17(25)33)21(37)32-16(22(38)39)11-18(26)34/h1-3,5-6,13-16H,4,7-11,24H2,(H2,25,33)(H2,26,34)(H,30,35)(H,31,36)(H,32,37)(H,38,39)(H4,27,28,29). The molecular formula is C23H35N9O7. The maximum absolute atomic E-state index is 13.1. The van der Waals surface area contributed by atoms with E-state index in [0.29, 0.717) is 0 Å². The first-order valence-corrected chi connectivity index (χ1v) is 11.9. The zero-order valence-corrected chi connectivity index (χ0v) is 21.2. The number of carbonyl (C=O) groups excluding carboxylic acids is 5. The predicted molar refractivity (Wildman–Crippen MR) is 139 cm³/mol. The molecule has 16 nitrogen and oxygen atoms in total. The fourth-order valence-electron chi connectivity index (χ4n) is 3.37. The van der Waals surface area contributed by atoms with Crippen LogP contribution < -0.4 is 44.6 Å². The molecule has 0 saturated heterocycles. The molecule has 14 N–H and O–H groups in total. The van der Waals surface area contributed by atoms with Gasteiger partial charge in [0.25, 0.3) is 0 Å². The highest BCUT2D eigenvalue weighted by molar-refractivity contribution is 5.96. The van der Waals surface area contributed by atoms with Gasteiger partial charge in [-0.3, -0.25) is 29.0 Å². The maximum Gasteiger partial charge on any atom is 0.326 e. The second-order valence-electron chi connectivity index (χ2n) is 8.61. The highest BCUT2D eigenvalue weighted by atomic mass is 16.4. The highest BCUT2D eigenvalue weighted by Gasteiger charge is 2.31. The zero-order chi connectivity index (χ0) is 29.5. The van der Waals surface area contributed by atoms with E-state index in [2.05, 4.69) is 15.6 Å². The third-order valence-corrected chi connectivity index (χ3v) is 5.27. The number of hydrogen-bond acceptors (Lipinski definition) is 8. The number of aliphatic imine (C=N–C) groups is 1. The van der Waals surface area contributed by atoms with Crippen LogP contribution in [0.1, 0.15) is 31.2 Å². The van der Waals surface area contributed by atoms with Gasteiger partial charge in [0.05, 0.1) is 18.9 Å². The van der Waals surface area contributed by atoms with E-state index >= 15 is 0 Å². The molecular weight excluding hydrogens is 514 g/mol. The first-order valence-electron chi connectivity index (χ1n) is 11.9. The summed E-state index contributed by atoms with van der Waals surface area (Å²) in [6, 6.07) is 3.33. The zero-order valence-electron chi connectivity index (χ0n) is 21.2. The summed E-state index contributed by atoms with van der Waals surface area (Å²) in [5.74, 6) is -6.39. The lowest BCUT2D eigenvalue weighted by atomic mass is 10.0. The lowest BCUT2D eigenvalue weighted by Gasteiger charge is -2.24. The van der Waals surface area contributed by atoms with Crippen molar-refractivity contribution in [1.29, 1.82) is 0 Å². The molecule has 0 radical (unpaired) electrons. The molecule has 0 bridgehead atoms. The van der Waals surface area contributed by atoms with Gasteiger partial charge >= 0.3 is 5.97 Å². The maximum atomic E-state index is 13.1. The van der Waals surface area contributed by atoms with Crippen LogP contribution >= 0.6 is 0 Å². The van der Waals surface area contributed by atoms with E-state index in [4.69, 9.17) is 28.7 Å². The largest absolute Gasteiger partial charge is 0.480 e. The Hall–Kier alpha value is -4.73. The molecule has 0 aliphatic carbocycles. The van der Waals surface area contributed by atoms with E-state index in [1.165, 1.54) is 0 Å². The molecule has 4 unspecified atom stereocenters. The fourth-order valence-corrected chi connectivity index (χ4v) is 3.37. The number of primary amides is 2. The van der Waals surface area contributed by atoms with Crippen LogP contribution in [0.5, 0.6) is 0 Å². The minimum Gasteiger partial charge on any atom is -0.480 e. The molecule has 39 heavy (non-hydrogen) atoms. The summed E-state index contributed by atoms with van der Waals surface area (Å²) in [5, 5.41) is 16.1. The number of hydrogen-bond donors (Lipinski definition) is 9. The normalized spacial score (nSPS) is 13.6. The molecule has 0 saturated carbocycles. The molecule has 1 aromatic rings. The minimum atomic E-state index is -1.71. The monoisotopic (exact) mass is 549 g/mol. The van der Waals surface area contributed by atoms with Crippen LogP contribution in [0.4, 0.5) is 0 Å². The van der Waals surface area contributed by atoms with Crippen molar-refractivity contribution < 1.29 is 33.9 Å². The first kappa shape index (κ1) is 32.3. The Morgan fingerprint density at radius 3 is 1.82 bits per heavy atom. The van der Waals surface area contributed by atoms with Crippen LogP contribution in [0.25, 0.3) is 0 Å². The first-order chi connectivity index (χ1) is 18.3. The number of rotatable bonds is 17. The molecule has 0 aromatic heterocycles. The second kappa shape index (κ2) is 16.2. The van der Waals surface area contributed by atoms with Gasteiger partial charge in [0.15, 0.2) is 5.96 Å². The molecule has 4 atom stereocenters. The average Bonchev–Trinajstić information content (AvgIpc) is 2.84. The van der Waals surface area contributed by atoms with Gasteiger partial charge < -0.3 is 49.7 Å². The van der Waals surface area contributed by atoms with Crippen LogP contribution in [0.2, 0.25) is 0 Å². The number of carbonyl (C=O) groups is 6. The summed E-state index contributed by atoms with van der Waals surface area (Å²) in [5.41, 5.74) is 27.6. The van der Waals surface area contributed by atoms with Gasteiger partial charge in [0, 0.05) is 6.54 Å². The molecule has 0 spiro atoms. The predicted octanol–water partition coefficient (Wildman–Crippen LogP) is -4.10. The van der Waals surface area contributed by atoms with Crippen molar-refractivity contribution in [2.75, 3.05) is 6.54 Å². The van der Waals surface area contributed by atoms with Crippen molar-refractivity contribution in [1.82, 2.24) is 16.0 Å². The van der Waals surface area contributed by atoms with Crippen molar-refractivity contribution in [2.24, 2.45) is 33.7 Å². The quantitative estimate of drug-likeness (QED) is 0.0513. The number of nitrogens with one attached hydrogen (secondary N) is 3. The van der Waals surface area contributed by atoms with Crippen molar-refractivity contribution in [3.63, 3.8) is 0 Å². The summed E-state index contributed by atoms with van der Waals surface area (Å²) in [6.45, 7) is 0.122. The van der Waals surface area contributed by atoms with Gasteiger partial charge in [-0.15, -0.1) is 0 Å². The summed E-state index contributed by atoms with van der Waals surface area (Å²) < 4.78 is 0. The third-order valence-electron chi connectivity index (χ3n) is 5.27. The van der Waals surface area contributed by atoms with Crippen molar-refractivity contribution in [3.8, 4) is 0 Å². The van der Waals surface area contributed by atoms with E-state index in [-0.39, 0.29) is 31.8 Å². The van der Waals surface area contributed by atoms with Crippen LogP contribution in [-0.2, 0) is 35.2 Å².